The van der Waals surface area contributed by atoms with E-state index >= 15 is 0 Å². The number of ether oxygens (including phenoxy) is 1. The van der Waals surface area contributed by atoms with Crippen LogP contribution < -0.4 is 4.74 Å². The van der Waals surface area contributed by atoms with Crippen LogP contribution >= 0.6 is 0 Å². The van der Waals surface area contributed by atoms with Gasteiger partial charge in [0.15, 0.2) is 0 Å². The van der Waals surface area contributed by atoms with E-state index < -0.39 is 0 Å². The highest BCUT2D eigenvalue weighted by Crippen LogP contribution is 2.43. The van der Waals surface area contributed by atoms with E-state index in [0.717, 1.165) is 37.0 Å². The summed E-state index contributed by atoms with van der Waals surface area (Å²) < 4.78 is 5.26. The monoisotopic (exact) mass is 250 g/mol. The standard InChI is InChI=1S/C15H22O3/c1-18-13-6-4-5-12(11-13)15(9-10-16)8-3-2-7-14(15)17/h4-6,11,14,16-17H,2-3,7-10H2,1H3/t14-,15-/m1/s1. The highest BCUT2D eigenvalue weighted by Gasteiger charge is 2.40. The molecule has 0 radical (unpaired) electrons. The average Bonchev–Trinajstić information content (AvgIpc) is 2.42. The van der Waals surface area contributed by atoms with Crippen LogP contribution in [-0.4, -0.2) is 30.0 Å². The van der Waals surface area contributed by atoms with Gasteiger partial charge >= 0.3 is 0 Å². The lowest BCUT2D eigenvalue weighted by atomic mass is 9.65. The van der Waals surface area contributed by atoms with Crippen molar-refractivity contribution in [1.29, 1.82) is 0 Å². The Kier molecular flexibility index (Phi) is 4.25. The minimum absolute atomic E-state index is 0.105. The Morgan fingerprint density at radius 1 is 1.39 bits per heavy atom. The van der Waals surface area contributed by atoms with Crippen LogP contribution in [0.25, 0.3) is 0 Å². The van der Waals surface area contributed by atoms with Gasteiger partial charge in [-0.3, -0.25) is 0 Å². The maximum absolute atomic E-state index is 10.4. The number of aliphatic hydroxyl groups excluding tert-OH is 2. The Balaban J connectivity index is 2.38. The maximum atomic E-state index is 10.4. The van der Waals surface area contributed by atoms with Gasteiger partial charge in [-0.15, -0.1) is 0 Å². The summed E-state index contributed by atoms with van der Waals surface area (Å²) in [6.07, 6.45) is 4.16. The predicted molar refractivity (Wildman–Crippen MR) is 70.8 cm³/mol. The van der Waals surface area contributed by atoms with E-state index in [4.69, 9.17) is 4.74 Å². The van der Waals surface area contributed by atoms with Gasteiger partial charge in [-0.25, -0.2) is 0 Å². The molecule has 2 rings (SSSR count). The van der Waals surface area contributed by atoms with E-state index in [9.17, 15) is 10.2 Å². The first-order valence-corrected chi connectivity index (χ1v) is 6.66. The number of hydrogen-bond acceptors (Lipinski definition) is 3. The van der Waals surface area contributed by atoms with Crippen LogP contribution in [0.4, 0.5) is 0 Å². The number of methoxy groups -OCH3 is 1. The van der Waals surface area contributed by atoms with Crippen LogP contribution in [0.2, 0.25) is 0 Å². The van der Waals surface area contributed by atoms with Crippen molar-refractivity contribution in [2.45, 2.75) is 43.6 Å². The molecule has 3 heteroatoms. The molecule has 1 aromatic rings. The van der Waals surface area contributed by atoms with Crippen molar-refractivity contribution in [3.05, 3.63) is 29.8 Å². The van der Waals surface area contributed by atoms with Gasteiger partial charge in [-0.2, -0.15) is 0 Å². The molecule has 0 spiro atoms. The molecule has 1 fully saturated rings. The number of rotatable bonds is 4. The molecule has 1 aliphatic carbocycles. The average molecular weight is 250 g/mol. The van der Waals surface area contributed by atoms with Crippen molar-refractivity contribution >= 4 is 0 Å². The zero-order valence-corrected chi connectivity index (χ0v) is 10.9. The molecular weight excluding hydrogens is 228 g/mol. The lowest BCUT2D eigenvalue weighted by Crippen LogP contribution is -2.43. The van der Waals surface area contributed by atoms with Crippen LogP contribution in [-0.2, 0) is 5.41 Å². The van der Waals surface area contributed by atoms with Crippen LogP contribution in [0.15, 0.2) is 24.3 Å². The molecule has 0 unspecified atom stereocenters. The zero-order chi connectivity index (χ0) is 13.0. The molecule has 1 aromatic carbocycles. The van der Waals surface area contributed by atoms with E-state index in [2.05, 4.69) is 0 Å². The highest BCUT2D eigenvalue weighted by molar-refractivity contribution is 5.35. The van der Waals surface area contributed by atoms with Gasteiger partial charge in [0.2, 0.25) is 0 Å². The lowest BCUT2D eigenvalue weighted by molar-refractivity contribution is 0.0261. The summed E-state index contributed by atoms with van der Waals surface area (Å²) >= 11 is 0. The molecule has 0 heterocycles. The fourth-order valence-electron chi connectivity index (χ4n) is 3.13. The molecule has 100 valence electrons. The minimum atomic E-state index is -0.370. The molecule has 18 heavy (non-hydrogen) atoms. The van der Waals surface area contributed by atoms with E-state index in [1.54, 1.807) is 7.11 Å². The van der Waals surface area contributed by atoms with Gasteiger partial charge in [0.1, 0.15) is 5.75 Å². The second-order valence-electron chi connectivity index (χ2n) is 5.12. The van der Waals surface area contributed by atoms with E-state index in [1.807, 2.05) is 24.3 Å². The quantitative estimate of drug-likeness (QED) is 0.861. The predicted octanol–water partition coefficient (Wildman–Crippen LogP) is 2.25. The van der Waals surface area contributed by atoms with Crippen molar-refractivity contribution in [3.8, 4) is 5.75 Å². The molecule has 2 atom stereocenters. The Morgan fingerprint density at radius 3 is 2.89 bits per heavy atom. The smallest absolute Gasteiger partial charge is 0.119 e. The number of aliphatic hydroxyl groups is 2. The third-order valence-electron chi connectivity index (χ3n) is 4.19. The second-order valence-corrected chi connectivity index (χ2v) is 5.12. The van der Waals surface area contributed by atoms with Crippen LogP contribution in [0.3, 0.4) is 0 Å². The molecule has 1 saturated carbocycles. The summed E-state index contributed by atoms with van der Waals surface area (Å²) in [5.41, 5.74) is 0.782. The summed E-state index contributed by atoms with van der Waals surface area (Å²) in [7, 11) is 1.65. The first-order valence-electron chi connectivity index (χ1n) is 6.66. The molecule has 1 aliphatic rings. The van der Waals surface area contributed by atoms with E-state index in [-0.39, 0.29) is 18.1 Å². The fraction of sp³-hybridized carbons (Fsp3) is 0.600. The SMILES string of the molecule is COc1cccc([C@]2(CCO)CCCC[C@H]2O)c1. The van der Waals surface area contributed by atoms with Crippen molar-refractivity contribution in [2.75, 3.05) is 13.7 Å². The van der Waals surface area contributed by atoms with Crippen molar-refractivity contribution in [3.63, 3.8) is 0 Å². The van der Waals surface area contributed by atoms with Crippen molar-refractivity contribution < 1.29 is 14.9 Å². The molecule has 3 nitrogen and oxygen atoms in total. The number of hydrogen-bond donors (Lipinski definition) is 2. The Morgan fingerprint density at radius 2 is 2.22 bits per heavy atom. The Bertz CT molecular complexity index is 387. The largest absolute Gasteiger partial charge is 0.497 e. The van der Waals surface area contributed by atoms with Gasteiger partial charge in [0.25, 0.3) is 0 Å². The van der Waals surface area contributed by atoms with Gasteiger partial charge in [0, 0.05) is 12.0 Å². The van der Waals surface area contributed by atoms with E-state index in [0.29, 0.717) is 6.42 Å². The Hall–Kier alpha value is -1.06. The van der Waals surface area contributed by atoms with E-state index in [1.165, 1.54) is 0 Å². The molecule has 0 aliphatic heterocycles. The highest BCUT2D eigenvalue weighted by atomic mass is 16.5. The van der Waals surface area contributed by atoms with Gasteiger partial charge < -0.3 is 14.9 Å². The summed E-state index contributed by atoms with van der Waals surface area (Å²) in [5.74, 6) is 0.808. The van der Waals surface area contributed by atoms with Crippen LogP contribution in [0, 0.1) is 0 Å². The molecular formula is C15H22O3. The molecule has 2 N–H and O–H groups in total. The zero-order valence-electron chi connectivity index (χ0n) is 10.9. The fourth-order valence-corrected chi connectivity index (χ4v) is 3.13. The normalized spacial score (nSPS) is 28.1. The topological polar surface area (TPSA) is 49.7 Å². The lowest BCUT2D eigenvalue weighted by Gasteiger charge is -2.42. The summed E-state index contributed by atoms with van der Waals surface area (Å²) in [5, 5.41) is 19.8. The van der Waals surface area contributed by atoms with Crippen molar-refractivity contribution in [2.24, 2.45) is 0 Å². The Labute approximate surface area is 108 Å². The summed E-state index contributed by atoms with van der Waals surface area (Å²) in [6.45, 7) is 0.105. The third kappa shape index (κ3) is 2.38. The molecule has 0 amide bonds. The van der Waals surface area contributed by atoms with Crippen LogP contribution in [0.5, 0.6) is 5.75 Å². The third-order valence-corrected chi connectivity index (χ3v) is 4.19. The second kappa shape index (κ2) is 5.72. The molecule has 0 bridgehead atoms. The minimum Gasteiger partial charge on any atom is -0.497 e. The molecule has 0 aromatic heterocycles. The first kappa shape index (κ1) is 13.4. The van der Waals surface area contributed by atoms with Crippen molar-refractivity contribution in [1.82, 2.24) is 0 Å². The molecule has 0 saturated heterocycles. The van der Waals surface area contributed by atoms with Gasteiger partial charge in [0.05, 0.1) is 13.2 Å². The summed E-state index contributed by atoms with van der Waals surface area (Å²) in [4.78, 5) is 0. The van der Waals surface area contributed by atoms with Gasteiger partial charge in [-0.05, 0) is 37.0 Å². The maximum Gasteiger partial charge on any atom is 0.119 e. The first-order chi connectivity index (χ1) is 8.73. The summed E-state index contributed by atoms with van der Waals surface area (Å²) in [6, 6.07) is 7.89. The van der Waals surface area contributed by atoms with Crippen LogP contribution in [0.1, 0.15) is 37.7 Å². The van der Waals surface area contributed by atoms with Gasteiger partial charge in [-0.1, -0.05) is 25.0 Å². The number of benzene rings is 1.